The monoisotopic (exact) mass is 461 g/mol. The highest BCUT2D eigenvalue weighted by atomic mass is 35.5. The minimum atomic E-state index is -0.532. The fourth-order valence-electron chi connectivity index (χ4n) is 3.68. The normalized spacial score (nSPS) is 18.9. The molecule has 7 nitrogen and oxygen atoms in total. The number of nitrogens with zero attached hydrogens (tertiary/aromatic N) is 1. The van der Waals surface area contributed by atoms with Crippen molar-refractivity contribution < 1.29 is 19.1 Å². The van der Waals surface area contributed by atoms with Crippen molar-refractivity contribution in [2.24, 2.45) is 0 Å². The molecule has 0 aromatic heterocycles. The van der Waals surface area contributed by atoms with Gasteiger partial charge >= 0.3 is 6.09 Å². The molecule has 0 aliphatic carbocycles. The SMILES string of the molecule is Cc1ccc(NC(=O)OC2CN(c3ccc(C4CCC(=O)NC4=O)c(Cl)c3)C2)cc1Cl. The van der Waals surface area contributed by atoms with Crippen LogP contribution in [-0.2, 0) is 14.3 Å². The fraction of sp³-hybridized carbons (Fsp3) is 0.318. The van der Waals surface area contributed by atoms with Crippen LogP contribution >= 0.6 is 23.2 Å². The Balaban J connectivity index is 1.31. The third-order valence-electron chi connectivity index (χ3n) is 5.50. The highest BCUT2D eigenvalue weighted by Crippen LogP contribution is 2.34. The quantitative estimate of drug-likeness (QED) is 0.664. The van der Waals surface area contributed by atoms with Crippen molar-refractivity contribution in [3.63, 3.8) is 0 Å². The average Bonchev–Trinajstić information content (AvgIpc) is 2.68. The largest absolute Gasteiger partial charge is 0.442 e. The molecule has 2 saturated heterocycles. The van der Waals surface area contributed by atoms with Crippen molar-refractivity contribution >= 4 is 52.5 Å². The van der Waals surface area contributed by atoms with E-state index in [4.69, 9.17) is 27.9 Å². The second kappa shape index (κ2) is 8.77. The van der Waals surface area contributed by atoms with Gasteiger partial charge in [0.1, 0.15) is 6.10 Å². The molecular weight excluding hydrogens is 441 g/mol. The minimum absolute atomic E-state index is 0.241. The molecule has 2 N–H and O–H groups in total. The molecule has 2 aromatic rings. The number of hydrogen-bond acceptors (Lipinski definition) is 5. The first-order valence-corrected chi connectivity index (χ1v) is 10.7. The zero-order valence-electron chi connectivity index (χ0n) is 16.8. The van der Waals surface area contributed by atoms with Gasteiger partial charge in [-0.05, 0) is 48.7 Å². The predicted molar refractivity (Wildman–Crippen MR) is 119 cm³/mol. The predicted octanol–water partition coefficient (Wildman–Crippen LogP) is 4.26. The number of carbonyl (C=O) groups is 3. The lowest BCUT2D eigenvalue weighted by Gasteiger charge is -2.40. The number of rotatable bonds is 4. The second-order valence-electron chi connectivity index (χ2n) is 7.73. The van der Waals surface area contributed by atoms with Gasteiger partial charge in [0, 0.05) is 27.8 Å². The Morgan fingerprint density at radius 1 is 1.13 bits per heavy atom. The highest BCUT2D eigenvalue weighted by molar-refractivity contribution is 6.32. The first-order valence-electron chi connectivity index (χ1n) is 9.92. The molecule has 162 valence electrons. The number of anilines is 2. The number of imide groups is 1. The van der Waals surface area contributed by atoms with Gasteiger partial charge in [0.15, 0.2) is 0 Å². The maximum absolute atomic E-state index is 12.1. The molecule has 2 heterocycles. The first-order chi connectivity index (χ1) is 14.8. The van der Waals surface area contributed by atoms with E-state index in [0.717, 1.165) is 11.3 Å². The van der Waals surface area contributed by atoms with Gasteiger partial charge < -0.3 is 9.64 Å². The van der Waals surface area contributed by atoms with E-state index in [1.54, 1.807) is 18.2 Å². The van der Waals surface area contributed by atoms with Crippen LogP contribution in [0.15, 0.2) is 36.4 Å². The van der Waals surface area contributed by atoms with Gasteiger partial charge in [0.2, 0.25) is 11.8 Å². The van der Waals surface area contributed by atoms with Gasteiger partial charge in [-0.25, -0.2) is 4.79 Å². The number of halogens is 2. The maximum Gasteiger partial charge on any atom is 0.412 e. The Labute approximate surface area is 189 Å². The molecular formula is C22H21Cl2N3O4. The number of nitrogens with one attached hydrogen (secondary N) is 2. The van der Waals surface area contributed by atoms with Crippen LogP contribution in [0.4, 0.5) is 16.2 Å². The van der Waals surface area contributed by atoms with Crippen LogP contribution in [-0.4, -0.2) is 37.1 Å². The van der Waals surface area contributed by atoms with Crippen LogP contribution in [0.3, 0.4) is 0 Å². The van der Waals surface area contributed by atoms with Crippen LogP contribution in [0.5, 0.6) is 0 Å². The molecule has 0 saturated carbocycles. The summed E-state index contributed by atoms with van der Waals surface area (Å²) in [6, 6.07) is 10.8. The van der Waals surface area contributed by atoms with Crippen molar-refractivity contribution in [3.05, 3.63) is 57.6 Å². The van der Waals surface area contributed by atoms with E-state index in [9.17, 15) is 14.4 Å². The van der Waals surface area contributed by atoms with Crippen molar-refractivity contribution in [2.75, 3.05) is 23.3 Å². The number of carbonyl (C=O) groups excluding carboxylic acids is 3. The van der Waals surface area contributed by atoms with E-state index in [1.807, 2.05) is 30.0 Å². The molecule has 2 fully saturated rings. The Bertz CT molecular complexity index is 1050. The number of ether oxygens (including phenoxy) is 1. The van der Waals surface area contributed by atoms with Gasteiger partial charge in [0.05, 0.1) is 19.0 Å². The maximum atomic E-state index is 12.1. The summed E-state index contributed by atoms with van der Waals surface area (Å²) in [6.07, 6.45) is -0.0217. The Morgan fingerprint density at radius 3 is 2.58 bits per heavy atom. The fourth-order valence-corrected chi connectivity index (χ4v) is 4.17. The second-order valence-corrected chi connectivity index (χ2v) is 8.55. The standard InChI is InChI=1S/C22H21Cl2N3O4/c1-12-2-3-13(8-18(12)23)25-22(30)31-15-10-27(11-15)14-4-5-16(19(24)9-14)17-6-7-20(28)26-21(17)29/h2-5,8-9,15,17H,6-7,10-11H2,1H3,(H,25,30)(H,26,28,29). The van der Waals surface area contributed by atoms with Gasteiger partial charge in [-0.3, -0.25) is 20.2 Å². The first kappa shape index (κ1) is 21.5. The molecule has 4 rings (SSSR count). The van der Waals surface area contributed by atoms with Crippen molar-refractivity contribution in [1.82, 2.24) is 5.32 Å². The summed E-state index contributed by atoms with van der Waals surface area (Å²) >= 11 is 12.5. The molecule has 0 radical (unpaired) electrons. The molecule has 0 spiro atoms. The van der Waals surface area contributed by atoms with E-state index in [0.29, 0.717) is 47.2 Å². The number of hydrogen-bond donors (Lipinski definition) is 2. The summed E-state index contributed by atoms with van der Waals surface area (Å²) in [5.74, 6) is -0.995. The number of amides is 3. The van der Waals surface area contributed by atoms with Crippen LogP contribution < -0.4 is 15.5 Å². The Morgan fingerprint density at radius 2 is 1.90 bits per heavy atom. The lowest BCUT2D eigenvalue weighted by atomic mass is 9.90. The molecule has 2 aliphatic heterocycles. The summed E-state index contributed by atoms with van der Waals surface area (Å²) in [6.45, 7) is 2.96. The summed E-state index contributed by atoms with van der Waals surface area (Å²) in [7, 11) is 0. The summed E-state index contributed by atoms with van der Waals surface area (Å²) in [5, 5.41) is 6.08. The van der Waals surface area contributed by atoms with Gasteiger partial charge in [-0.1, -0.05) is 35.3 Å². The smallest absolute Gasteiger partial charge is 0.412 e. The van der Waals surface area contributed by atoms with Crippen LogP contribution in [0.2, 0.25) is 10.0 Å². The van der Waals surface area contributed by atoms with E-state index < -0.39 is 12.0 Å². The van der Waals surface area contributed by atoms with E-state index in [2.05, 4.69) is 10.6 Å². The number of piperidine rings is 1. The highest BCUT2D eigenvalue weighted by Gasteiger charge is 2.32. The Kier molecular flexibility index (Phi) is 6.07. The molecule has 2 aliphatic rings. The summed E-state index contributed by atoms with van der Waals surface area (Å²) in [5.41, 5.74) is 3.09. The van der Waals surface area contributed by atoms with Gasteiger partial charge in [-0.2, -0.15) is 0 Å². The molecule has 0 bridgehead atoms. The van der Waals surface area contributed by atoms with Crippen LogP contribution in [0.25, 0.3) is 0 Å². The molecule has 9 heteroatoms. The third-order valence-corrected chi connectivity index (χ3v) is 6.24. The Hall–Kier alpha value is -2.77. The third kappa shape index (κ3) is 4.78. The summed E-state index contributed by atoms with van der Waals surface area (Å²) in [4.78, 5) is 37.6. The zero-order chi connectivity index (χ0) is 22.1. The van der Waals surface area contributed by atoms with Crippen molar-refractivity contribution in [1.29, 1.82) is 0 Å². The lowest BCUT2D eigenvalue weighted by Crippen LogP contribution is -2.53. The molecule has 2 aromatic carbocycles. The lowest BCUT2D eigenvalue weighted by molar-refractivity contribution is -0.134. The van der Waals surface area contributed by atoms with Crippen LogP contribution in [0, 0.1) is 6.92 Å². The van der Waals surface area contributed by atoms with Crippen molar-refractivity contribution in [3.8, 4) is 0 Å². The van der Waals surface area contributed by atoms with E-state index in [-0.39, 0.29) is 17.9 Å². The molecule has 1 unspecified atom stereocenters. The zero-order valence-corrected chi connectivity index (χ0v) is 18.3. The topological polar surface area (TPSA) is 87.7 Å². The molecule has 31 heavy (non-hydrogen) atoms. The van der Waals surface area contributed by atoms with E-state index in [1.165, 1.54) is 0 Å². The molecule has 1 atom stereocenters. The van der Waals surface area contributed by atoms with Gasteiger partial charge in [0.25, 0.3) is 0 Å². The van der Waals surface area contributed by atoms with E-state index >= 15 is 0 Å². The average molecular weight is 462 g/mol. The minimum Gasteiger partial charge on any atom is -0.442 e. The number of aryl methyl sites for hydroxylation is 1. The van der Waals surface area contributed by atoms with Gasteiger partial charge in [-0.15, -0.1) is 0 Å². The van der Waals surface area contributed by atoms with Crippen LogP contribution in [0.1, 0.15) is 29.9 Å². The molecule has 3 amide bonds. The van der Waals surface area contributed by atoms with Crippen molar-refractivity contribution in [2.45, 2.75) is 31.8 Å². The summed E-state index contributed by atoms with van der Waals surface area (Å²) < 4.78 is 5.43. The number of benzene rings is 2.